The van der Waals surface area contributed by atoms with Gasteiger partial charge < -0.3 is 9.84 Å². The summed E-state index contributed by atoms with van der Waals surface area (Å²) in [6.45, 7) is 4.64. The van der Waals surface area contributed by atoms with E-state index in [-0.39, 0.29) is 0 Å². The van der Waals surface area contributed by atoms with Crippen LogP contribution in [0.3, 0.4) is 0 Å². The van der Waals surface area contributed by atoms with Gasteiger partial charge in [0.05, 0.1) is 18.6 Å². The van der Waals surface area contributed by atoms with Gasteiger partial charge in [-0.15, -0.1) is 0 Å². The molecule has 0 aromatic heterocycles. The lowest BCUT2D eigenvalue weighted by molar-refractivity contribution is -0.138. The summed E-state index contributed by atoms with van der Waals surface area (Å²) in [5, 5.41) is 8.97. The first kappa shape index (κ1) is 15.0. The maximum Gasteiger partial charge on any atom is 0.310 e. The lowest BCUT2D eigenvalue weighted by atomic mass is 9.89. The van der Waals surface area contributed by atoms with E-state index in [4.69, 9.17) is 9.84 Å². The Morgan fingerprint density at radius 1 is 1.25 bits per heavy atom. The van der Waals surface area contributed by atoms with Gasteiger partial charge in [-0.25, -0.2) is 0 Å². The Balaban J connectivity index is 1.83. The van der Waals surface area contributed by atoms with Crippen molar-refractivity contribution in [3.05, 3.63) is 35.4 Å². The van der Waals surface area contributed by atoms with Crippen molar-refractivity contribution in [1.82, 2.24) is 0 Å². The third kappa shape index (κ3) is 4.07. The van der Waals surface area contributed by atoms with Crippen LogP contribution in [0.4, 0.5) is 0 Å². The first-order valence-corrected chi connectivity index (χ1v) is 7.49. The summed E-state index contributed by atoms with van der Waals surface area (Å²) in [7, 11) is 0. The fraction of sp³-hybridized carbons (Fsp3) is 0.588. The number of carboxylic acids is 1. The van der Waals surface area contributed by atoms with E-state index in [1.165, 1.54) is 12.8 Å². The van der Waals surface area contributed by atoms with Crippen LogP contribution in [0.1, 0.15) is 56.6 Å². The Morgan fingerprint density at radius 2 is 1.85 bits per heavy atom. The van der Waals surface area contributed by atoms with Gasteiger partial charge in [0.1, 0.15) is 0 Å². The second-order valence-corrected chi connectivity index (χ2v) is 5.99. The fourth-order valence-electron chi connectivity index (χ4n) is 2.66. The lowest BCUT2D eigenvalue weighted by Crippen LogP contribution is -2.20. The molecule has 0 heterocycles. The Morgan fingerprint density at radius 3 is 2.40 bits per heavy atom. The molecule has 0 bridgehead atoms. The second-order valence-electron chi connectivity index (χ2n) is 5.99. The van der Waals surface area contributed by atoms with E-state index < -0.39 is 11.9 Å². The average molecular weight is 276 g/mol. The summed E-state index contributed by atoms with van der Waals surface area (Å²) in [6, 6.07) is 7.72. The molecule has 1 unspecified atom stereocenters. The molecule has 0 amide bonds. The Kier molecular flexibility index (Phi) is 5.18. The van der Waals surface area contributed by atoms with Crippen LogP contribution in [-0.4, -0.2) is 17.2 Å². The zero-order chi connectivity index (χ0) is 14.5. The van der Waals surface area contributed by atoms with Crippen LogP contribution in [0, 0.1) is 5.92 Å². The highest BCUT2D eigenvalue weighted by Crippen LogP contribution is 2.26. The molecule has 1 N–H and O–H groups in total. The van der Waals surface area contributed by atoms with Gasteiger partial charge in [-0.3, -0.25) is 4.79 Å². The number of rotatable bonds is 5. The molecular formula is C17H24O3. The van der Waals surface area contributed by atoms with E-state index in [0.717, 1.165) is 29.9 Å². The third-order valence-electron chi connectivity index (χ3n) is 4.30. The minimum atomic E-state index is -0.787. The van der Waals surface area contributed by atoms with Crippen molar-refractivity contribution in [2.45, 2.75) is 58.2 Å². The molecule has 1 aromatic rings. The first-order chi connectivity index (χ1) is 9.56. The van der Waals surface area contributed by atoms with E-state index in [2.05, 4.69) is 6.92 Å². The summed E-state index contributed by atoms with van der Waals surface area (Å²) in [6.07, 6.45) is 5.24. The molecule has 1 aliphatic rings. The zero-order valence-electron chi connectivity index (χ0n) is 12.3. The number of aliphatic carboxylic acids is 1. The van der Waals surface area contributed by atoms with Crippen LogP contribution in [0.2, 0.25) is 0 Å². The first-order valence-electron chi connectivity index (χ1n) is 7.49. The predicted octanol–water partition coefficient (Wildman–Crippen LogP) is 3.97. The summed E-state index contributed by atoms with van der Waals surface area (Å²) >= 11 is 0. The Hall–Kier alpha value is -1.35. The van der Waals surface area contributed by atoms with Crippen molar-refractivity contribution < 1.29 is 14.6 Å². The van der Waals surface area contributed by atoms with Gasteiger partial charge in [-0.05, 0) is 49.7 Å². The summed E-state index contributed by atoms with van der Waals surface area (Å²) in [5.41, 5.74) is 1.96. The molecular weight excluding hydrogens is 252 g/mol. The van der Waals surface area contributed by atoms with Gasteiger partial charge in [0.15, 0.2) is 0 Å². The van der Waals surface area contributed by atoms with E-state index in [1.807, 2.05) is 24.3 Å². The number of hydrogen-bond acceptors (Lipinski definition) is 2. The van der Waals surface area contributed by atoms with Crippen LogP contribution in [-0.2, 0) is 16.1 Å². The summed E-state index contributed by atoms with van der Waals surface area (Å²) in [4.78, 5) is 10.9. The van der Waals surface area contributed by atoms with Crippen LogP contribution in [0.15, 0.2) is 24.3 Å². The number of benzene rings is 1. The predicted molar refractivity (Wildman–Crippen MR) is 78.7 cm³/mol. The van der Waals surface area contributed by atoms with Crippen molar-refractivity contribution in [3.8, 4) is 0 Å². The minimum absolute atomic E-state index is 0.392. The normalized spacial score (nSPS) is 24.3. The highest BCUT2D eigenvalue weighted by molar-refractivity contribution is 5.75. The van der Waals surface area contributed by atoms with Gasteiger partial charge in [0.25, 0.3) is 0 Å². The van der Waals surface area contributed by atoms with Crippen molar-refractivity contribution in [1.29, 1.82) is 0 Å². The molecule has 20 heavy (non-hydrogen) atoms. The van der Waals surface area contributed by atoms with Crippen LogP contribution in [0.25, 0.3) is 0 Å². The smallest absolute Gasteiger partial charge is 0.310 e. The molecule has 110 valence electrons. The summed E-state index contributed by atoms with van der Waals surface area (Å²) in [5.74, 6) is -0.401. The molecule has 3 heteroatoms. The molecule has 2 rings (SSSR count). The van der Waals surface area contributed by atoms with Crippen molar-refractivity contribution >= 4 is 5.97 Å². The molecule has 1 fully saturated rings. The highest BCUT2D eigenvalue weighted by Gasteiger charge is 2.18. The van der Waals surface area contributed by atoms with Crippen molar-refractivity contribution in [2.24, 2.45) is 5.92 Å². The summed E-state index contributed by atoms with van der Waals surface area (Å²) < 4.78 is 5.95. The maximum absolute atomic E-state index is 10.9. The number of carboxylic acid groups (broad SMARTS) is 1. The maximum atomic E-state index is 10.9. The number of hydrogen-bond donors (Lipinski definition) is 1. The van der Waals surface area contributed by atoms with Gasteiger partial charge in [0, 0.05) is 0 Å². The van der Waals surface area contributed by atoms with E-state index in [1.54, 1.807) is 6.92 Å². The second kappa shape index (κ2) is 6.89. The largest absolute Gasteiger partial charge is 0.481 e. The number of carbonyl (C=O) groups is 1. The SMILES string of the molecule is CC1CCC(OCc2ccc(C(C)C(=O)O)cc2)CC1. The molecule has 0 radical (unpaired) electrons. The van der Waals surface area contributed by atoms with Gasteiger partial charge in [-0.2, -0.15) is 0 Å². The van der Waals surface area contributed by atoms with E-state index in [9.17, 15) is 4.79 Å². The molecule has 1 aromatic carbocycles. The van der Waals surface area contributed by atoms with E-state index >= 15 is 0 Å². The topological polar surface area (TPSA) is 46.5 Å². The Bertz CT molecular complexity index is 430. The molecule has 0 saturated heterocycles. The zero-order valence-corrected chi connectivity index (χ0v) is 12.3. The molecule has 0 aliphatic heterocycles. The monoisotopic (exact) mass is 276 g/mol. The fourth-order valence-corrected chi connectivity index (χ4v) is 2.66. The molecule has 1 saturated carbocycles. The lowest BCUT2D eigenvalue weighted by Gasteiger charge is -2.26. The standard InChI is InChI=1S/C17H24O3/c1-12-3-9-16(10-4-12)20-11-14-5-7-15(8-6-14)13(2)17(18)19/h5-8,12-13,16H,3-4,9-11H2,1-2H3,(H,18,19). The van der Waals surface area contributed by atoms with E-state index in [0.29, 0.717) is 12.7 Å². The molecule has 3 nitrogen and oxygen atoms in total. The van der Waals surface area contributed by atoms with Gasteiger partial charge in [0.2, 0.25) is 0 Å². The van der Waals surface area contributed by atoms with Crippen LogP contribution in [0.5, 0.6) is 0 Å². The minimum Gasteiger partial charge on any atom is -0.481 e. The van der Waals surface area contributed by atoms with Gasteiger partial charge in [-0.1, -0.05) is 31.2 Å². The van der Waals surface area contributed by atoms with Crippen molar-refractivity contribution in [2.75, 3.05) is 0 Å². The van der Waals surface area contributed by atoms with Gasteiger partial charge >= 0.3 is 5.97 Å². The highest BCUT2D eigenvalue weighted by atomic mass is 16.5. The quantitative estimate of drug-likeness (QED) is 0.885. The third-order valence-corrected chi connectivity index (χ3v) is 4.30. The average Bonchev–Trinajstić information content (AvgIpc) is 2.46. The Labute approximate surface area is 121 Å². The number of ether oxygens (including phenoxy) is 1. The van der Waals surface area contributed by atoms with Crippen LogP contribution >= 0.6 is 0 Å². The molecule has 1 atom stereocenters. The molecule has 0 spiro atoms. The van der Waals surface area contributed by atoms with Crippen LogP contribution < -0.4 is 0 Å². The van der Waals surface area contributed by atoms with Crippen molar-refractivity contribution in [3.63, 3.8) is 0 Å². The molecule has 1 aliphatic carbocycles.